The molecule has 0 aliphatic heterocycles. The molecule has 0 radical (unpaired) electrons. The van der Waals surface area contributed by atoms with E-state index in [-0.39, 0.29) is 4.90 Å². The number of halogens is 1. The lowest BCUT2D eigenvalue weighted by molar-refractivity contribution is 0.331. The van der Waals surface area contributed by atoms with Gasteiger partial charge in [-0.05, 0) is 55.6 Å². The maximum atomic E-state index is 12.6. The molecule has 0 aliphatic carbocycles. The van der Waals surface area contributed by atoms with E-state index in [0.29, 0.717) is 22.5 Å². The fourth-order valence-electron chi connectivity index (χ4n) is 1.84. The zero-order chi connectivity index (χ0) is 16.2. The molecule has 0 aromatic heterocycles. The van der Waals surface area contributed by atoms with Crippen molar-refractivity contribution in [2.24, 2.45) is 0 Å². The van der Waals surface area contributed by atoms with Gasteiger partial charge in [-0.3, -0.25) is 4.72 Å². The summed E-state index contributed by atoms with van der Waals surface area (Å²) in [6.07, 6.45) is 1.97. The first-order valence-electron chi connectivity index (χ1n) is 6.55. The van der Waals surface area contributed by atoms with Crippen LogP contribution in [0.2, 0.25) is 0 Å². The monoisotopic (exact) mass is 401 g/mol. The van der Waals surface area contributed by atoms with E-state index >= 15 is 0 Å². The molecule has 2 aromatic rings. The molecule has 0 saturated heterocycles. The standard InChI is InChI=1S/C15H16BrNO3S2/c1-3-20-14-9-4-11(16)10-15(14)22(18,19)17-12-5-7-13(21-2)8-6-12/h4-10,17H,3H2,1-2H3. The van der Waals surface area contributed by atoms with Gasteiger partial charge in [-0.25, -0.2) is 8.42 Å². The highest BCUT2D eigenvalue weighted by atomic mass is 79.9. The Kier molecular flexibility index (Phi) is 5.77. The summed E-state index contributed by atoms with van der Waals surface area (Å²) in [6, 6.07) is 12.1. The highest BCUT2D eigenvalue weighted by Gasteiger charge is 2.20. The van der Waals surface area contributed by atoms with Crippen LogP contribution in [0.5, 0.6) is 5.75 Å². The molecular weight excluding hydrogens is 386 g/mol. The Morgan fingerprint density at radius 1 is 1.18 bits per heavy atom. The predicted molar refractivity (Wildman–Crippen MR) is 94.3 cm³/mol. The number of nitrogens with one attached hydrogen (secondary N) is 1. The van der Waals surface area contributed by atoms with Crippen LogP contribution in [0.15, 0.2) is 56.7 Å². The van der Waals surface area contributed by atoms with Crippen LogP contribution in [-0.2, 0) is 10.0 Å². The topological polar surface area (TPSA) is 55.4 Å². The van der Waals surface area contributed by atoms with Gasteiger partial charge in [0.25, 0.3) is 10.0 Å². The van der Waals surface area contributed by atoms with E-state index in [2.05, 4.69) is 20.7 Å². The number of anilines is 1. The van der Waals surface area contributed by atoms with E-state index < -0.39 is 10.0 Å². The average molecular weight is 402 g/mol. The summed E-state index contributed by atoms with van der Waals surface area (Å²) < 4.78 is 33.8. The molecule has 2 aromatic carbocycles. The summed E-state index contributed by atoms with van der Waals surface area (Å²) in [5, 5.41) is 0. The van der Waals surface area contributed by atoms with Crippen LogP contribution >= 0.6 is 27.7 Å². The number of rotatable bonds is 6. The summed E-state index contributed by atoms with van der Waals surface area (Å²) in [6.45, 7) is 2.21. The summed E-state index contributed by atoms with van der Waals surface area (Å²) in [7, 11) is -3.72. The smallest absolute Gasteiger partial charge is 0.265 e. The molecule has 118 valence electrons. The van der Waals surface area contributed by atoms with Crippen LogP contribution in [0.1, 0.15) is 6.92 Å². The van der Waals surface area contributed by atoms with E-state index in [1.54, 1.807) is 36.0 Å². The van der Waals surface area contributed by atoms with Crippen molar-refractivity contribution in [3.05, 3.63) is 46.9 Å². The number of sulfonamides is 1. The van der Waals surface area contributed by atoms with Crippen LogP contribution in [-0.4, -0.2) is 21.3 Å². The van der Waals surface area contributed by atoms with Crippen molar-refractivity contribution in [2.75, 3.05) is 17.6 Å². The number of thioether (sulfide) groups is 1. The highest BCUT2D eigenvalue weighted by molar-refractivity contribution is 9.10. The van der Waals surface area contributed by atoms with Gasteiger partial charge in [0.15, 0.2) is 0 Å². The molecule has 0 unspecified atom stereocenters. The Morgan fingerprint density at radius 2 is 1.86 bits per heavy atom. The minimum Gasteiger partial charge on any atom is -0.492 e. The van der Waals surface area contributed by atoms with Crippen LogP contribution in [0.4, 0.5) is 5.69 Å². The number of hydrogen-bond donors (Lipinski definition) is 1. The van der Waals surface area contributed by atoms with Crippen molar-refractivity contribution in [1.82, 2.24) is 0 Å². The summed E-state index contributed by atoms with van der Waals surface area (Å²) in [4.78, 5) is 1.18. The van der Waals surface area contributed by atoms with Crippen molar-refractivity contribution < 1.29 is 13.2 Å². The molecule has 0 aliphatic rings. The van der Waals surface area contributed by atoms with Crippen LogP contribution in [0.3, 0.4) is 0 Å². The van der Waals surface area contributed by atoms with E-state index in [1.807, 2.05) is 25.3 Å². The molecule has 0 saturated carbocycles. The summed E-state index contributed by atoms with van der Waals surface area (Å²) in [5.74, 6) is 0.332. The predicted octanol–water partition coefficient (Wildman–Crippen LogP) is 4.37. The lowest BCUT2D eigenvalue weighted by Gasteiger charge is -2.13. The second-order valence-electron chi connectivity index (χ2n) is 4.36. The molecule has 0 bridgehead atoms. The minimum atomic E-state index is -3.72. The molecular formula is C15H16BrNO3S2. The maximum Gasteiger partial charge on any atom is 0.265 e. The van der Waals surface area contributed by atoms with Crippen molar-refractivity contribution >= 4 is 43.4 Å². The Bertz CT molecular complexity index is 746. The zero-order valence-corrected chi connectivity index (χ0v) is 15.4. The average Bonchev–Trinajstić information content (AvgIpc) is 2.49. The van der Waals surface area contributed by atoms with Gasteiger partial charge in [0.1, 0.15) is 10.6 Å². The molecule has 0 fully saturated rings. The maximum absolute atomic E-state index is 12.6. The minimum absolute atomic E-state index is 0.109. The molecule has 7 heteroatoms. The molecule has 0 heterocycles. The van der Waals surface area contributed by atoms with Crippen molar-refractivity contribution in [3.63, 3.8) is 0 Å². The molecule has 0 atom stereocenters. The first kappa shape index (κ1) is 17.2. The van der Waals surface area contributed by atoms with Gasteiger partial charge in [0, 0.05) is 15.1 Å². The SMILES string of the molecule is CCOc1ccc(Br)cc1S(=O)(=O)Nc1ccc(SC)cc1. The fourth-order valence-corrected chi connectivity index (χ4v) is 3.99. The zero-order valence-electron chi connectivity index (χ0n) is 12.2. The third-order valence-corrected chi connectivity index (χ3v) is 5.48. The molecule has 2 rings (SSSR count). The third kappa shape index (κ3) is 4.18. The van der Waals surface area contributed by atoms with E-state index in [1.165, 1.54) is 6.07 Å². The first-order chi connectivity index (χ1) is 10.5. The Balaban J connectivity index is 2.35. The normalized spacial score (nSPS) is 11.2. The van der Waals surface area contributed by atoms with Gasteiger partial charge in [0.05, 0.1) is 6.61 Å². The lowest BCUT2D eigenvalue weighted by Crippen LogP contribution is -2.14. The third-order valence-electron chi connectivity index (χ3n) is 2.84. The van der Waals surface area contributed by atoms with Crippen LogP contribution in [0.25, 0.3) is 0 Å². The van der Waals surface area contributed by atoms with Gasteiger partial charge in [-0.1, -0.05) is 15.9 Å². The number of benzene rings is 2. The first-order valence-corrected chi connectivity index (χ1v) is 10.1. The highest BCUT2D eigenvalue weighted by Crippen LogP contribution is 2.29. The second kappa shape index (κ2) is 7.39. The molecule has 4 nitrogen and oxygen atoms in total. The van der Waals surface area contributed by atoms with Crippen LogP contribution in [0, 0.1) is 0 Å². The van der Waals surface area contributed by atoms with Gasteiger partial charge in [-0.2, -0.15) is 0 Å². The summed E-state index contributed by atoms with van der Waals surface area (Å²) in [5.41, 5.74) is 0.514. The van der Waals surface area contributed by atoms with E-state index in [9.17, 15) is 8.42 Å². The van der Waals surface area contributed by atoms with Crippen LogP contribution < -0.4 is 9.46 Å². The van der Waals surface area contributed by atoms with Gasteiger partial charge in [0.2, 0.25) is 0 Å². The Hall–Kier alpha value is -1.18. The van der Waals surface area contributed by atoms with E-state index in [0.717, 1.165) is 4.90 Å². The van der Waals surface area contributed by atoms with Gasteiger partial charge in [-0.15, -0.1) is 11.8 Å². The lowest BCUT2D eigenvalue weighted by atomic mass is 10.3. The Labute approximate surface area is 143 Å². The molecule has 0 amide bonds. The second-order valence-corrected chi connectivity index (χ2v) is 7.80. The molecule has 1 N–H and O–H groups in total. The fraction of sp³-hybridized carbons (Fsp3) is 0.200. The summed E-state index contributed by atoms with van der Waals surface area (Å²) >= 11 is 4.89. The van der Waals surface area contributed by atoms with Crippen molar-refractivity contribution in [1.29, 1.82) is 0 Å². The quantitative estimate of drug-likeness (QED) is 0.729. The van der Waals surface area contributed by atoms with Crippen molar-refractivity contribution in [3.8, 4) is 5.75 Å². The molecule has 22 heavy (non-hydrogen) atoms. The number of ether oxygens (including phenoxy) is 1. The number of hydrogen-bond acceptors (Lipinski definition) is 4. The molecule has 0 spiro atoms. The largest absolute Gasteiger partial charge is 0.492 e. The van der Waals surface area contributed by atoms with Gasteiger partial charge >= 0.3 is 0 Å². The van der Waals surface area contributed by atoms with Crippen molar-refractivity contribution in [2.45, 2.75) is 16.7 Å². The van der Waals surface area contributed by atoms with Gasteiger partial charge < -0.3 is 4.74 Å². The van der Waals surface area contributed by atoms with E-state index in [4.69, 9.17) is 4.74 Å². The Morgan fingerprint density at radius 3 is 2.45 bits per heavy atom.